The summed E-state index contributed by atoms with van der Waals surface area (Å²) in [5.41, 5.74) is 6.69. The van der Waals surface area contributed by atoms with Crippen LogP contribution in [0.1, 0.15) is 56.8 Å². The first-order valence-corrected chi connectivity index (χ1v) is 13.7. The van der Waals surface area contributed by atoms with Crippen LogP contribution in [0.2, 0.25) is 0 Å². The minimum absolute atomic E-state index is 0.160. The SMILES string of the molecule is CC1CCC(CNc2nc(Nc3ccc(C(=O)NCCOCCOCCN)cc3)nc(NC(C)C)n2)CC1. The molecule has 0 unspecified atom stereocenters. The van der Waals surface area contributed by atoms with E-state index >= 15 is 0 Å². The highest BCUT2D eigenvalue weighted by Gasteiger charge is 2.18. The molecule has 0 atom stereocenters. The van der Waals surface area contributed by atoms with Crippen LogP contribution >= 0.6 is 0 Å². The molecule has 1 aliphatic carbocycles. The maximum absolute atomic E-state index is 12.4. The summed E-state index contributed by atoms with van der Waals surface area (Å²) in [6.07, 6.45) is 5.03. The van der Waals surface area contributed by atoms with Crippen molar-refractivity contribution in [2.75, 3.05) is 62.0 Å². The number of carbonyl (C=O) groups excluding carboxylic acids is 1. The maximum atomic E-state index is 12.4. The van der Waals surface area contributed by atoms with Crippen LogP contribution in [0, 0.1) is 11.8 Å². The van der Waals surface area contributed by atoms with Crippen LogP contribution in [0.5, 0.6) is 0 Å². The largest absolute Gasteiger partial charge is 0.378 e. The minimum atomic E-state index is -0.160. The average molecular weight is 529 g/mol. The molecule has 1 amide bonds. The molecule has 1 saturated carbocycles. The smallest absolute Gasteiger partial charge is 0.251 e. The van der Waals surface area contributed by atoms with Crippen molar-refractivity contribution in [1.29, 1.82) is 0 Å². The Kier molecular flexibility index (Phi) is 12.5. The van der Waals surface area contributed by atoms with Gasteiger partial charge in [0.1, 0.15) is 0 Å². The molecule has 0 bridgehead atoms. The number of amides is 1. The second-order valence-electron chi connectivity index (χ2n) is 10.1. The lowest BCUT2D eigenvalue weighted by Gasteiger charge is -2.26. The van der Waals surface area contributed by atoms with E-state index in [0.717, 1.165) is 18.2 Å². The molecular formula is C27H44N8O3. The molecule has 0 aliphatic heterocycles. The number of nitrogens with two attached hydrogens (primary N) is 1. The van der Waals surface area contributed by atoms with Gasteiger partial charge in [0.05, 0.1) is 26.4 Å². The molecule has 3 rings (SSSR count). The minimum Gasteiger partial charge on any atom is -0.378 e. The quantitative estimate of drug-likeness (QED) is 0.205. The van der Waals surface area contributed by atoms with Crippen LogP contribution in [0.25, 0.3) is 0 Å². The van der Waals surface area contributed by atoms with E-state index < -0.39 is 0 Å². The van der Waals surface area contributed by atoms with Crippen molar-refractivity contribution < 1.29 is 14.3 Å². The summed E-state index contributed by atoms with van der Waals surface area (Å²) in [5, 5.41) is 12.8. The highest BCUT2D eigenvalue weighted by Crippen LogP contribution is 2.28. The van der Waals surface area contributed by atoms with Crippen molar-refractivity contribution >= 4 is 29.4 Å². The normalized spacial score (nSPS) is 17.3. The number of hydrogen-bond acceptors (Lipinski definition) is 10. The van der Waals surface area contributed by atoms with Crippen LogP contribution in [0.4, 0.5) is 23.5 Å². The van der Waals surface area contributed by atoms with Gasteiger partial charge in [-0.15, -0.1) is 0 Å². The van der Waals surface area contributed by atoms with Crippen molar-refractivity contribution in [1.82, 2.24) is 20.3 Å². The third-order valence-corrected chi connectivity index (χ3v) is 6.31. The molecule has 0 saturated heterocycles. The van der Waals surface area contributed by atoms with Crippen molar-refractivity contribution in [3.05, 3.63) is 29.8 Å². The topological polar surface area (TPSA) is 148 Å². The van der Waals surface area contributed by atoms with Gasteiger partial charge < -0.3 is 36.5 Å². The van der Waals surface area contributed by atoms with E-state index in [4.69, 9.17) is 15.2 Å². The summed E-state index contributed by atoms with van der Waals surface area (Å²) < 4.78 is 10.7. The Morgan fingerprint density at radius 2 is 1.61 bits per heavy atom. The lowest BCUT2D eigenvalue weighted by molar-refractivity contribution is 0.0511. The second kappa shape index (κ2) is 16.1. The zero-order valence-electron chi connectivity index (χ0n) is 23.0. The van der Waals surface area contributed by atoms with Gasteiger partial charge in [0.25, 0.3) is 5.91 Å². The van der Waals surface area contributed by atoms with Crippen LogP contribution in [0.3, 0.4) is 0 Å². The monoisotopic (exact) mass is 528 g/mol. The number of benzene rings is 1. The fraction of sp³-hybridized carbons (Fsp3) is 0.630. The molecule has 1 heterocycles. The van der Waals surface area contributed by atoms with E-state index in [1.54, 1.807) is 12.1 Å². The molecule has 38 heavy (non-hydrogen) atoms. The Morgan fingerprint density at radius 1 is 0.947 bits per heavy atom. The second-order valence-corrected chi connectivity index (χ2v) is 10.1. The van der Waals surface area contributed by atoms with Gasteiger partial charge in [0.2, 0.25) is 17.8 Å². The van der Waals surface area contributed by atoms with Crippen molar-refractivity contribution in [3.8, 4) is 0 Å². The molecule has 210 valence electrons. The van der Waals surface area contributed by atoms with Gasteiger partial charge in [-0.05, 0) is 62.8 Å². The van der Waals surface area contributed by atoms with Crippen LogP contribution in [0.15, 0.2) is 24.3 Å². The van der Waals surface area contributed by atoms with Gasteiger partial charge in [0, 0.05) is 36.9 Å². The molecule has 1 aromatic heterocycles. The summed E-state index contributed by atoms with van der Waals surface area (Å²) in [6.45, 7) is 10.1. The number of aromatic nitrogens is 3. The Labute approximate surface area is 226 Å². The average Bonchev–Trinajstić information content (AvgIpc) is 2.90. The van der Waals surface area contributed by atoms with Crippen LogP contribution in [-0.4, -0.2) is 73.0 Å². The van der Waals surface area contributed by atoms with E-state index in [9.17, 15) is 4.79 Å². The molecule has 11 heteroatoms. The highest BCUT2D eigenvalue weighted by atomic mass is 16.5. The van der Waals surface area contributed by atoms with Gasteiger partial charge >= 0.3 is 0 Å². The fourth-order valence-corrected chi connectivity index (χ4v) is 4.18. The number of nitrogens with one attached hydrogen (secondary N) is 4. The number of carbonyl (C=O) groups is 1. The van der Waals surface area contributed by atoms with E-state index in [2.05, 4.69) is 43.1 Å². The first kappa shape index (κ1) is 29.5. The Morgan fingerprint density at radius 3 is 2.29 bits per heavy atom. The molecule has 1 aromatic carbocycles. The lowest BCUT2D eigenvalue weighted by Crippen LogP contribution is -2.27. The zero-order valence-corrected chi connectivity index (χ0v) is 23.0. The summed E-state index contributed by atoms with van der Waals surface area (Å²) in [4.78, 5) is 26.1. The zero-order chi connectivity index (χ0) is 27.2. The summed E-state index contributed by atoms with van der Waals surface area (Å²) in [7, 11) is 0. The number of anilines is 4. The van der Waals surface area contributed by atoms with Gasteiger partial charge in [-0.2, -0.15) is 15.0 Å². The van der Waals surface area contributed by atoms with E-state index in [-0.39, 0.29) is 11.9 Å². The van der Waals surface area contributed by atoms with Gasteiger partial charge in [-0.25, -0.2) is 0 Å². The predicted octanol–water partition coefficient (Wildman–Crippen LogP) is 3.40. The molecule has 1 aliphatic rings. The summed E-state index contributed by atoms with van der Waals surface area (Å²) >= 11 is 0. The Balaban J connectivity index is 1.51. The Hall–Kier alpha value is -3.02. The van der Waals surface area contributed by atoms with Crippen LogP contribution in [-0.2, 0) is 9.47 Å². The lowest BCUT2D eigenvalue weighted by atomic mass is 9.83. The molecule has 0 radical (unpaired) electrons. The summed E-state index contributed by atoms with van der Waals surface area (Å²) in [5.74, 6) is 2.81. The van der Waals surface area contributed by atoms with Crippen molar-refractivity contribution in [2.24, 2.45) is 17.6 Å². The third-order valence-electron chi connectivity index (χ3n) is 6.31. The fourth-order valence-electron chi connectivity index (χ4n) is 4.18. The Bertz CT molecular complexity index is 965. The first-order valence-electron chi connectivity index (χ1n) is 13.7. The van der Waals surface area contributed by atoms with Crippen molar-refractivity contribution in [2.45, 2.75) is 52.5 Å². The number of nitrogens with zero attached hydrogens (tertiary/aromatic N) is 3. The highest BCUT2D eigenvalue weighted by molar-refractivity contribution is 5.94. The molecular weight excluding hydrogens is 484 g/mol. The van der Waals surface area contributed by atoms with Gasteiger partial charge in [-0.1, -0.05) is 19.8 Å². The van der Waals surface area contributed by atoms with E-state index in [1.165, 1.54) is 25.7 Å². The summed E-state index contributed by atoms with van der Waals surface area (Å²) in [6, 6.07) is 7.37. The molecule has 0 spiro atoms. The number of hydrogen-bond donors (Lipinski definition) is 5. The predicted molar refractivity (Wildman–Crippen MR) is 151 cm³/mol. The molecule has 11 nitrogen and oxygen atoms in total. The van der Waals surface area contributed by atoms with E-state index in [0.29, 0.717) is 68.8 Å². The number of ether oxygens (including phenoxy) is 2. The first-order chi connectivity index (χ1) is 18.4. The maximum Gasteiger partial charge on any atom is 0.251 e. The van der Waals surface area contributed by atoms with Crippen molar-refractivity contribution in [3.63, 3.8) is 0 Å². The molecule has 1 fully saturated rings. The van der Waals surface area contributed by atoms with Gasteiger partial charge in [-0.3, -0.25) is 4.79 Å². The van der Waals surface area contributed by atoms with Crippen LogP contribution < -0.4 is 27.0 Å². The van der Waals surface area contributed by atoms with E-state index in [1.807, 2.05) is 26.0 Å². The number of rotatable bonds is 16. The standard InChI is InChI=1S/C27H44N8O3/c1-19(2)31-26-33-25(30-18-21-6-4-20(3)5-7-21)34-27(35-26)32-23-10-8-22(9-11-23)24(36)29-13-15-38-17-16-37-14-12-28/h8-11,19-21H,4-7,12-18,28H2,1-3H3,(H,29,36)(H3,30,31,32,33,34,35). The molecule has 2 aromatic rings. The molecule has 6 N–H and O–H groups in total. The third kappa shape index (κ3) is 10.8. The van der Waals surface area contributed by atoms with Gasteiger partial charge in [0.15, 0.2) is 0 Å².